The molecular formula is C20H30N4O3. The lowest BCUT2D eigenvalue weighted by Gasteiger charge is -2.22. The summed E-state index contributed by atoms with van der Waals surface area (Å²) in [5, 5.41) is 6.53. The van der Waals surface area contributed by atoms with Crippen LogP contribution in [0.1, 0.15) is 89.3 Å². The molecule has 1 heterocycles. The summed E-state index contributed by atoms with van der Waals surface area (Å²) in [4.78, 5) is 26.7. The summed E-state index contributed by atoms with van der Waals surface area (Å²) >= 11 is 0. The second kappa shape index (κ2) is 11.4. The van der Waals surface area contributed by atoms with Crippen molar-refractivity contribution in [2.75, 3.05) is 0 Å². The normalized spacial score (nSPS) is 17.2. The molecule has 0 saturated heterocycles. The van der Waals surface area contributed by atoms with E-state index in [-0.39, 0.29) is 12.3 Å². The molecule has 148 valence electrons. The van der Waals surface area contributed by atoms with Crippen molar-refractivity contribution in [3.63, 3.8) is 0 Å². The Morgan fingerprint density at radius 3 is 2.78 bits per heavy atom. The third-order valence-corrected chi connectivity index (χ3v) is 5.20. The number of carbonyl (C=O) groups excluding carboxylic acids is 1. The van der Waals surface area contributed by atoms with E-state index in [1.54, 1.807) is 0 Å². The SMILES string of the molecule is C/C=C\C(=C/C)c1noc(C(CCCC2CCCCC2)CC(=O)NN=O)n1. The largest absolute Gasteiger partial charge is 0.339 e. The van der Waals surface area contributed by atoms with E-state index < -0.39 is 5.91 Å². The van der Waals surface area contributed by atoms with Crippen molar-refractivity contribution in [1.82, 2.24) is 15.6 Å². The predicted octanol–water partition coefficient (Wildman–Crippen LogP) is 5.07. The van der Waals surface area contributed by atoms with Crippen LogP contribution in [0, 0.1) is 10.8 Å². The van der Waals surface area contributed by atoms with Gasteiger partial charge in [0.25, 0.3) is 0 Å². The zero-order valence-corrected chi connectivity index (χ0v) is 16.3. The molecule has 1 fully saturated rings. The zero-order chi connectivity index (χ0) is 19.5. The van der Waals surface area contributed by atoms with Crippen molar-refractivity contribution in [1.29, 1.82) is 0 Å². The molecule has 1 aromatic heterocycles. The molecule has 1 aliphatic carbocycles. The smallest absolute Gasteiger partial charge is 0.243 e. The van der Waals surface area contributed by atoms with E-state index in [1.807, 2.05) is 37.5 Å². The van der Waals surface area contributed by atoms with Gasteiger partial charge in [0.15, 0.2) is 0 Å². The molecule has 0 aliphatic heterocycles. The summed E-state index contributed by atoms with van der Waals surface area (Å²) in [5.41, 5.74) is 2.83. The molecule has 1 N–H and O–H groups in total. The molecule has 1 aromatic rings. The summed E-state index contributed by atoms with van der Waals surface area (Å²) in [6, 6.07) is 0. The first-order valence-corrected chi connectivity index (χ1v) is 9.92. The number of nitroso groups, excluding NO2 is 1. The van der Waals surface area contributed by atoms with Crippen LogP contribution in [-0.4, -0.2) is 16.0 Å². The molecule has 1 atom stereocenters. The first-order valence-electron chi connectivity index (χ1n) is 9.92. The minimum Gasteiger partial charge on any atom is -0.339 e. The van der Waals surface area contributed by atoms with Gasteiger partial charge in [-0.3, -0.25) is 4.79 Å². The van der Waals surface area contributed by atoms with Gasteiger partial charge in [-0.25, -0.2) is 5.43 Å². The van der Waals surface area contributed by atoms with Crippen molar-refractivity contribution in [3.8, 4) is 0 Å². The number of amides is 1. The maximum Gasteiger partial charge on any atom is 0.243 e. The van der Waals surface area contributed by atoms with Crippen LogP contribution in [0.3, 0.4) is 0 Å². The standard InChI is InChI=1S/C20H30N4O3/c1-3-9-16(4-2)19-21-20(27-23-19)17(14-18(25)22-24-26)13-8-12-15-10-6-5-7-11-15/h3-4,9,15,17H,5-8,10-14H2,1-2H3,(H,22,25,26)/b9-3-,16-4+. The molecule has 1 saturated carbocycles. The Bertz CT molecular complexity index is 660. The Kier molecular flexibility index (Phi) is 8.87. The molecule has 0 radical (unpaired) electrons. The van der Waals surface area contributed by atoms with Crippen LogP contribution in [0.25, 0.3) is 5.57 Å². The highest BCUT2D eigenvalue weighted by atomic mass is 16.5. The lowest BCUT2D eigenvalue weighted by Crippen LogP contribution is -2.20. The molecule has 2 rings (SSSR count). The molecule has 0 bridgehead atoms. The van der Waals surface area contributed by atoms with E-state index >= 15 is 0 Å². The fraction of sp³-hybridized carbons (Fsp3) is 0.650. The number of hydrogen-bond donors (Lipinski definition) is 1. The quantitative estimate of drug-likeness (QED) is 0.350. The maximum absolute atomic E-state index is 11.9. The van der Waals surface area contributed by atoms with E-state index in [9.17, 15) is 9.70 Å². The van der Waals surface area contributed by atoms with Gasteiger partial charge in [0.2, 0.25) is 17.6 Å². The van der Waals surface area contributed by atoms with E-state index in [0.29, 0.717) is 11.7 Å². The Labute approximate surface area is 160 Å². The van der Waals surface area contributed by atoms with Crippen LogP contribution >= 0.6 is 0 Å². The molecule has 27 heavy (non-hydrogen) atoms. The van der Waals surface area contributed by atoms with Crippen molar-refractivity contribution < 1.29 is 9.32 Å². The number of aromatic nitrogens is 2. The number of nitrogens with one attached hydrogen (secondary N) is 1. The van der Waals surface area contributed by atoms with Crippen LogP contribution in [0.5, 0.6) is 0 Å². The first kappa shape index (κ1) is 21.0. The van der Waals surface area contributed by atoms with Gasteiger partial charge in [-0.15, -0.1) is 4.91 Å². The fourth-order valence-electron chi connectivity index (χ4n) is 3.76. The van der Waals surface area contributed by atoms with Gasteiger partial charge in [-0.2, -0.15) is 4.98 Å². The van der Waals surface area contributed by atoms with Gasteiger partial charge in [-0.1, -0.05) is 68.3 Å². The van der Waals surface area contributed by atoms with Crippen LogP contribution < -0.4 is 5.43 Å². The Balaban J connectivity index is 2.03. The van der Waals surface area contributed by atoms with Crippen LogP contribution in [-0.2, 0) is 4.79 Å². The highest BCUT2D eigenvalue weighted by Crippen LogP contribution is 2.31. The molecule has 1 unspecified atom stereocenters. The summed E-state index contributed by atoms with van der Waals surface area (Å²) in [5.74, 6) is 1.11. The van der Waals surface area contributed by atoms with Crippen molar-refractivity contribution >= 4 is 11.5 Å². The van der Waals surface area contributed by atoms with Gasteiger partial charge >= 0.3 is 0 Å². The Hall–Kier alpha value is -2.31. The highest BCUT2D eigenvalue weighted by Gasteiger charge is 2.24. The van der Waals surface area contributed by atoms with Gasteiger partial charge in [-0.05, 0) is 26.2 Å². The lowest BCUT2D eigenvalue weighted by atomic mass is 9.84. The van der Waals surface area contributed by atoms with E-state index in [4.69, 9.17) is 4.52 Å². The Morgan fingerprint density at radius 1 is 1.33 bits per heavy atom. The van der Waals surface area contributed by atoms with Gasteiger partial charge in [0.1, 0.15) is 0 Å². The second-order valence-electron chi connectivity index (χ2n) is 7.16. The van der Waals surface area contributed by atoms with Gasteiger partial charge in [0.05, 0.1) is 5.29 Å². The van der Waals surface area contributed by atoms with E-state index in [1.165, 1.54) is 32.1 Å². The molecule has 7 heteroatoms. The minimum absolute atomic E-state index is 0.118. The number of carbonyl (C=O) groups is 1. The molecule has 7 nitrogen and oxygen atoms in total. The molecule has 0 aromatic carbocycles. The summed E-state index contributed by atoms with van der Waals surface area (Å²) < 4.78 is 5.45. The highest BCUT2D eigenvalue weighted by molar-refractivity contribution is 5.76. The second-order valence-corrected chi connectivity index (χ2v) is 7.16. The number of rotatable bonds is 10. The third kappa shape index (κ3) is 6.73. The molecule has 1 aliphatic rings. The average Bonchev–Trinajstić information content (AvgIpc) is 3.16. The topological polar surface area (TPSA) is 97.5 Å². The average molecular weight is 374 g/mol. The lowest BCUT2D eigenvalue weighted by molar-refractivity contribution is -0.121. The van der Waals surface area contributed by atoms with Crippen molar-refractivity contribution in [3.05, 3.63) is 34.9 Å². The van der Waals surface area contributed by atoms with Crippen LogP contribution in [0.15, 0.2) is 28.0 Å². The minimum atomic E-state index is -0.424. The molecule has 0 spiro atoms. The van der Waals surface area contributed by atoms with Gasteiger partial charge < -0.3 is 4.52 Å². The fourth-order valence-corrected chi connectivity index (χ4v) is 3.76. The molecule has 1 amide bonds. The maximum atomic E-state index is 11.9. The monoisotopic (exact) mass is 374 g/mol. The summed E-state index contributed by atoms with van der Waals surface area (Å²) in [6.45, 7) is 3.84. The van der Waals surface area contributed by atoms with Crippen LogP contribution in [0.4, 0.5) is 0 Å². The van der Waals surface area contributed by atoms with Crippen molar-refractivity contribution in [2.24, 2.45) is 11.2 Å². The number of hydrogen-bond acceptors (Lipinski definition) is 6. The summed E-state index contributed by atoms with van der Waals surface area (Å²) in [7, 11) is 0. The van der Waals surface area contributed by atoms with E-state index in [0.717, 1.165) is 30.8 Å². The zero-order valence-electron chi connectivity index (χ0n) is 16.3. The predicted molar refractivity (Wildman–Crippen MR) is 104 cm³/mol. The molecular weight excluding hydrogens is 344 g/mol. The van der Waals surface area contributed by atoms with E-state index in [2.05, 4.69) is 15.4 Å². The van der Waals surface area contributed by atoms with Crippen LogP contribution in [0.2, 0.25) is 0 Å². The third-order valence-electron chi connectivity index (χ3n) is 5.20. The first-order chi connectivity index (χ1) is 13.2. The number of allylic oxidation sites excluding steroid dienone is 4. The van der Waals surface area contributed by atoms with Gasteiger partial charge in [0, 0.05) is 17.9 Å². The van der Waals surface area contributed by atoms with Crippen molar-refractivity contribution in [2.45, 2.75) is 77.6 Å². The Morgan fingerprint density at radius 2 is 2.11 bits per heavy atom. The summed E-state index contributed by atoms with van der Waals surface area (Å²) in [6.07, 6.45) is 15.4. The number of nitrogens with zero attached hydrogens (tertiary/aromatic N) is 3.